The monoisotopic (exact) mass is 1170 g/mol. The van der Waals surface area contributed by atoms with Crippen molar-refractivity contribution in [2.75, 3.05) is 57.2 Å². The number of halogens is 1. The molecule has 0 bridgehead atoms. The number of para-hydroxylation sites is 1. The Morgan fingerprint density at radius 3 is 2.22 bits per heavy atom. The number of methoxy groups -OCH3 is 3. The van der Waals surface area contributed by atoms with Gasteiger partial charge in [0.2, 0.25) is 29.4 Å². The summed E-state index contributed by atoms with van der Waals surface area (Å²) in [5, 5.41) is 32.3. The number of carboxylic acids is 1. The van der Waals surface area contributed by atoms with Gasteiger partial charge in [-0.2, -0.15) is 11.8 Å². The van der Waals surface area contributed by atoms with Crippen LogP contribution in [0, 0.1) is 0 Å². The van der Waals surface area contributed by atoms with Crippen molar-refractivity contribution >= 4 is 109 Å². The first kappa shape index (κ1) is 60.1. The van der Waals surface area contributed by atoms with Crippen LogP contribution >= 0.6 is 23.4 Å². The third kappa shape index (κ3) is 13.2. The standard InChI is InChI=1S/C58H63ClN10O13S/c1-80-46-24-32-22-41(64-50(32)52(82-3)51(46)81-2)57(78)68-29-34(27-59)49-36-15-14-31(21-37(36)45(70)26-43(49)68)54(75)67-69(44(53(61)74)20-30-10-6-5-7-11-30)58(79)42(25-48(72)73)66-55(76)39(17-19-83-4)65-56(77)40(63-47(71)16-18-60)23-33-28-62-38-13-9-8-12-35(33)38/h5-15,21-22,24,26,28,34,39-40,42,44,62,64,70H,16-20,23,25,27,29,60H2,1-4H3,(H2,61,74)(H,63,71)(H,65,77)(H,66,76)(H,67,75)(H,72,73)/t34?,39-,40-,42-,44-/m0/s1. The molecular formula is C58H63ClN10O13S. The van der Waals surface area contributed by atoms with Crippen LogP contribution in [0.5, 0.6) is 23.0 Å². The molecule has 0 aliphatic carbocycles. The van der Waals surface area contributed by atoms with Crippen molar-refractivity contribution in [2.45, 2.75) is 62.2 Å². The number of aromatic amines is 2. The summed E-state index contributed by atoms with van der Waals surface area (Å²) in [7, 11) is 4.39. The Bertz CT molecular complexity index is 3610. The molecule has 0 saturated carbocycles. The van der Waals surface area contributed by atoms with Gasteiger partial charge < -0.3 is 66.7 Å². The van der Waals surface area contributed by atoms with Gasteiger partial charge in [-0.3, -0.25) is 43.8 Å². The molecule has 5 aromatic carbocycles. The minimum atomic E-state index is -1.99. The summed E-state index contributed by atoms with van der Waals surface area (Å²) in [4.78, 5) is 119. The topological polar surface area (TPSA) is 343 Å². The fourth-order valence-electron chi connectivity index (χ4n) is 10.3. The van der Waals surface area contributed by atoms with Gasteiger partial charge in [-0.25, -0.2) is 5.01 Å². The first-order valence-corrected chi connectivity index (χ1v) is 28.2. The van der Waals surface area contributed by atoms with Crippen LogP contribution in [0.4, 0.5) is 5.69 Å². The Morgan fingerprint density at radius 1 is 0.831 bits per heavy atom. The van der Waals surface area contributed by atoms with E-state index in [1.807, 2.05) is 24.3 Å². The average Bonchev–Trinajstić information content (AvgIpc) is 2.52. The molecule has 1 unspecified atom stereocenters. The van der Waals surface area contributed by atoms with Crippen molar-refractivity contribution in [1.29, 1.82) is 0 Å². The molecule has 0 fully saturated rings. The van der Waals surface area contributed by atoms with E-state index in [9.17, 15) is 43.8 Å². The average molecular weight is 1180 g/mol. The Hall–Kier alpha value is -9.00. The molecule has 436 valence electrons. The summed E-state index contributed by atoms with van der Waals surface area (Å²) in [6, 6.07) is 18.3. The van der Waals surface area contributed by atoms with Crippen LogP contribution in [0.1, 0.15) is 62.7 Å². The Balaban J connectivity index is 1.09. The second kappa shape index (κ2) is 26.7. The summed E-state index contributed by atoms with van der Waals surface area (Å²) in [5.41, 5.74) is 17.5. The number of nitrogens with two attached hydrogens (primary N) is 2. The number of carbonyl (C=O) groups is 8. The number of amides is 7. The van der Waals surface area contributed by atoms with Gasteiger partial charge in [-0.15, -0.1) is 11.6 Å². The first-order chi connectivity index (χ1) is 39.9. The highest BCUT2D eigenvalue weighted by Crippen LogP contribution is 2.47. The first-order valence-electron chi connectivity index (χ1n) is 26.3. The molecule has 1 aliphatic heterocycles. The smallest absolute Gasteiger partial charge is 0.305 e. The third-order valence-corrected chi connectivity index (χ3v) is 15.3. The van der Waals surface area contributed by atoms with E-state index in [4.69, 9.17) is 37.3 Å². The minimum absolute atomic E-state index is 0.00284. The predicted molar refractivity (Wildman–Crippen MR) is 313 cm³/mol. The van der Waals surface area contributed by atoms with Crippen molar-refractivity contribution < 1.29 is 62.8 Å². The zero-order chi connectivity index (χ0) is 59.6. The van der Waals surface area contributed by atoms with Gasteiger partial charge in [0.15, 0.2) is 11.5 Å². The lowest BCUT2D eigenvalue weighted by Crippen LogP contribution is -2.63. The van der Waals surface area contributed by atoms with E-state index in [1.54, 1.807) is 54.9 Å². The highest BCUT2D eigenvalue weighted by Gasteiger charge is 2.40. The van der Waals surface area contributed by atoms with E-state index in [0.29, 0.717) is 66.7 Å². The number of benzene rings is 5. The number of aromatic nitrogens is 2. The van der Waals surface area contributed by atoms with E-state index in [-0.39, 0.29) is 67.0 Å². The lowest BCUT2D eigenvalue weighted by atomic mass is 9.94. The predicted octanol–water partition coefficient (Wildman–Crippen LogP) is 4.36. The van der Waals surface area contributed by atoms with Gasteiger partial charge in [-0.1, -0.05) is 54.6 Å². The van der Waals surface area contributed by atoms with Gasteiger partial charge in [0, 0.05) is 83.7 Å². The number of phenolic OH excluding ortho intramolecular Hbond substituents is 1. The minimum Gasteiger partial charge on any atom is -0.507 e. The van der Waals surface area contributed by atoms with Crippen molar-refractivity contribution in [1.82, 2.24) is 36.4 Å². The maximum absolute atomic E-state index is 15.0. The number of anilines is 1. The maximum Gasteiger partial charge on any atom is 0.305 e. The maximum atomic E-state index is 15.0. The number of ether oxygens (including phenoxy) is 3. The van der Waals surface area contributed by atoms with Gasteiger partial charge >= 0.3 is 5.97 Å². The molecule has 7 amide bonds. The molecule has 5 atom stereocenters. The highest BCUT2D eigenvalue weighted by molar-refractivity contribution is 7.98. The Kier molecular flexibility index (Phi) is 19.4. The van der Waals surface area contributed by atoms with Crippen LogP contribution in [-0.4, -0.2) is 149 Å². The number of fused-ring (bicyclic) bond motifs is 5. The number of phenols is 1. The molecule has 25 heteroatoms. The molecule has 7 aromatic rings. The molecule has 0 spiro atoms. The lowest BCUT2D eigenvalue weighted by Gasteiger charge is -2.33. The fourth-order valence-corrected chi connectivity index (χ4v) is 11.0. The zero-order valence-electron chi connectivity index (χ0n) is 45.7. The summed E-state index contributed by atoms with van der Waals surface area (Å²) < 4.78 is 16.7. The number of H-pyrrole nitrogens is 2. The number of hydrazine groups is 1. The molecule has 2 aromatic heterocycles. The van der Waals surface area contributed by atoms with Gasteiger partial charge in [0.05, 0.1) is 39.0 Å². The number of hydrogen-bond acceptors (Lipinski definition) is 14. The second-order valence-corrected chi connectivity index (χ2v) is 20.9. The van der Waals surface area contributed by atoms with Gasteiger partial charge in [0.25, 0.3) is 17.7 Å². The number of carboxylic acid groups (broad SMARTS) is 1. The molecule has 3 heterocycles. The number of rotatable bonds is 25. The summed E-state index contributed by atoms with van der Waals surface area (Å²) in [6.45, 7) is 0.111. The lowest BCUT2D eigenvalue weighted by molar-refractivity contribution is -0.148. The third-order valence-electron chi connectivity index (χ3n) is 14.3. The number of hydrogen-bond donors (Lipinski definition) is 10. The van der Waals surface area contributed by atoms with Crippen LogP contribution in [0.2, 0.25) is 0 Å². The summed E-state index contributed by atoms with van der Waals surface area (Å²) >= 11 is 7.91. The number of aliphatic carboxylic acids is 1. The van der Waals surface area contributed by atoms with E-state index in [0.717, 1.165) is 10.9 Å². The van der Waals surface area contributed by atoms with Gasteiger partial charge in [-0.05, 0) is 70.8 Å². The van der Waals surface area contributed by atoms with Crippen LogP contribution in [0.3, 0.4) is 0 Å². The molecule has 83 heavy (non-hydrogen) atoms. The van der Waals surface area contributed by atoms with Crippen LogP contribution in [0.25, 0.3) is 32.6 Å². The number of thioether (sulfide) groups is 1. The molecule has 23 nitrogen and oxygen atoms in total. The number of nitrogens with zero attached hydrogens (tertiary/aromatic N) is 2. The molecule has 1 aliphatic rings. The molecule has 8 rings (SSSR count). The summed E-state index contributed by atoms with van der Waals surface area (Å²) in [6.07, 6.45) is 1.98. The number of aromatic hydroxyl groups is 1. The summed E-state index contributed by atoms with van der Waals surface area (Å²) in [5.74, 6) is -7.12. The Morgan fingerprint density at radius 2 is 1.54 bits per heavy atom. The van der Waals surface area contributed by atoms with E-state index >= 15 is 4.79 Å². The second-order valence-electron chi connectivity index (χ2n) is 19.6. The Labute approximate surface area is 485 Å². The number of nitrogens with one attached hydrogen (secondary N) is 6. The van der Waals surface area contributed by atoms with E-state index in [1.165, 1.54) is 62.3 Å². The molecule has 12 N–H and O–H groups in total. The largest absolute Gasteiger partial charge is 0.507 e. The quantitative estimate of drug-likeness (QED) is 0.0281. The molecule has 0 saturated heterocycles. The molecular weight excluding hydrogens is 1110 g/mol. The van der Waals surface area contributed by atoms with Gasteiger partial charge in [0.1, 0.15) is 35.6 Å². The number of primary amides is 1. The van der Waals surface area contributed by atoms with Crippen LogP contribution in [0.15, 0.2) is 97.2 Å². The van der Waals surface area contributed by atoms with Crippen molar-refractivity contribution in [2.24, 2.45) is 11.5 Å². The number of alkyl halides is 1. The molecule has 0 radical (unpaired) electrons. The number of carbonyl (C=O) groups excluding carboxylic acids is 7. The fraction of sp³-hybridized carbons (Fsp3) is 0.310. The highest BCUT2D eigenvalue weighted by atomic mass is 35.5. The van der Waals surface area contributed by atoms with Crippen molar-refractivity contribution in [3.05, 3.63) is 125 Å². The van der Waals surface area contributed by atoms with E-state index in [2.05, 4.69) is 31.3 Å². The van der Waals surface area contributed by atoms with Crippen molar-refractivity contribution in [3.8, 4) is 23.0 Å². The normalized spacial score (nSPS) is 14.2. The SMILES string of the molecule is COc1cc2cc(C(=O)N3CC(CCl)c4c3cc(O)c3cc(C(=O)NN(C(=O)[C@H](CC(=O)O)NC(=O)[C@H](CCSC)NC(=O)[C@H](Cc5c[nH]c6ccccc56)NC(=O)CCN)[C@@H](Cc5ccccc5)C(N)=O)ccc43)[nH]c2c(OC)c1OC. The zero-order valence-corrected chi connectivity index (χ0v) is 47.3. The van der Waals surface area contributed by atoms with Crippen molar-refractivity contribution in [3.63, 3.8) is 0 Å². The van der Waals surface area contributed by atoms with E-state index < -0.39 is 83.8 Å². The van der Waals surface area contributed by atoms with Crippen LogP contribution in [-0.2, 0) is 41.6 Å². The van der Waals surface area contributed by atoms with Crippen LogP contribution < -0.4 is 52.0 Å².